The molecular weight excluding hydrogens is 304 g/mol. The molecule has 1 N–H and O–H groups in total. The number of rotatable bonds is 4. The second kappa shape index (κ2) is 7.05. The Morgan fingerprint density at radius 1 is 1.17 bits per heavy atom. The normalized spacial score (nSPS) is 20.0. The number of hydrogen-bond donors (Lipinski definition) is 1. The Hall–Kier alpha value is -2.34. The van der Waals surface area contributed by atoms with Gasteiger partial charge in [0.2, 0.25) is 0 Å². The number of hydrogen-bond acceptors (Lipinski definition) is 6. The van der Waals surface area contributed by atoms with Crippen molar-refractivity contribution >= 4 is 5.82 Å². The fourth-order valence-electron chi connectivity index (χ4n) is 3.34. The summed E-state index contributed by atoms with van der Waals surface area (Å²) in [6.45, 7) is 4.01. The van der Waals surface area contributed by atoms with Crippen molar-refractivity contribution in [3.63, 3.8) is 0 Å². The topological polar surface area (TPSA) is 59.5 Å². The Morgan fingerprint density at radius 3 is 3.04 bits per heavy atom. The third kappa shape index (κ3) is 3.28. The Balaban J connectivity index is 1.39. The van der Waals surface area contributed by atoms with Gasteiger partial charge in [0.05, 0.1) is 0 Å². The van der Waals surface area contributed by atoms with Gasteiger partial charge in [-0.3, -0.25) is 0 Å². The number of para-hydroxylation sites is 1. The van der Waals surface area contributed by atoms with E-state index in [1.807, 2.05) is 24.3 Å². The van der Waals surface area contributed by atoms with Crippen LogP contribution in [0.5, 0.6) is 11.5 Å². The molecule has 1 aromatic carbocycles. The maximum atomic E-state index is 5.79. The molecule has 24 heavy (non-hydrogen) atoms. The van der Waals surface area contributed by atoms with Gasteiger partial charge in [-0.05, 0) is 31.0 Å². The lowest BCUT2D eigenvalue weighted by Crippen LogP contribution is -2.45. The SMILES string of the molecule is c1cnnc(N2CCC[C@@H](NCc3cccc4c3OCCO4)C2)c1. The largest absolute Gasteiger partial charge is 0.486 e. The minimum absolute atomic E-state index is 0.432. The van der Waals surface area contributed by atoms with Crippen molar-refractivity contribution in [1.82, 2.24) is 15.5 Å². The van der Waals surface area contributed by atoms with Gasteiger partial charge >= 0.3 is 0 Å². The molecule has 0 radical (unpaired) electrons. The first-order valence-electron chi connectivity index (χ1n) is 8.54. The zero-order valence-electron chi connectivity index (χ0n) is 13.6. The van der Waals surface area contributed by atoms with Gasteiger partial charge in [-0.2, -0.15) is 5.10 Å². The lowest BCUT2D eigenvalue weighted by atomic mass is 10.0. The van der Waals surface area contributed by atoms with Gasteiger partial charge in [0.1, 0.15) is 13.2 Å². The fraction of sp³-hybridized carbons (Fsp3) is 0.444. The van der Waals surface area contributed by atoms with E-state index < -0.39 is 0 Å². The standard InChI is InChI=1S/C18H22N4O2/c1-4-14(18-16(6-1)23-10-11-24-18)12-19-15-5-3-9-22(13-15)17-7-2-8-20-21-17/h1-2,4,6-8,15,19H,3,5,9-13H2/t15-/m1/s1. The molecule has 126 valence electrons. The first kappa shape index (κ1) is 15.2. The molecule has 6 heteroatoms. The van der Waals surface area contributed by atoms with E-state index in [0.717, 1.165) is 48.9 Å². The number of benzene rings is 1. The number of nitrogens with zero attached hydrogens (tertiary/aromatic N) is 3. The van der Waals surface area contributed by atoms with Crippen molar-refractivity contribution in [2.75, 3.05) is 31.2 Å². The number of aromatic nitrogens is 2. The van der Waals surface area contributed by atoms with Crippen molar-refractivity contribution in [2.24, 2.45) is 0 Å². The molecule has 6 nitrogen and oxygen atoms in total. The summed E-state index contributed by atoms with van der Waals surface area (Å²) in [6.07, 6.45) is 4.04. The van der Waals surface area contributed by atoms with E-state index in [-0.39, 0.29) is 0 Å². The molecule has 0 unspecified atom stereocenters. The van der Waals surface area contributed by atoms with E-state index in [1.54, 1.807) is 6.20 Å². The molecule has 3 heterocycles. The van der Waals surface area contributed by atoms with Crippen molar-refractivity contribution in [1.29, 1.82) is 0 Å². The zero-order valence-corrected chi connectivity index (χ0v) is 13.6. The van der Waals surface area contributed by atoms with E-state index in [2.05, 4.69) is 26.5 Å². The minimum Gasteiger partial charge on any atom is -0.486 e. The molecule has 0 amide bonds. The lowest BCUT2D eigenvalue weighted by Gasteiger charge is -2.34. The van der Waals surface area contributed by atoms with E-state index in [9.17, 15) is 0 Å². The zero-order chi connectivity index (χ0) is 16.2. The summed E-state index contributed by atoms with van der Waals surface area (Å²) >= 11 is 0. The van der Waals surface area contributed by atoms with Crippen LogP contribution in [0.4, 0.5) is 5.82 Å². The van der Waals surface area contributed by atoms with Crippen LogP contribution in [0.3, 0.4) is 0 Å². The van der Waals surface area contributed by atoms with Crippen LogP contribution >= 0.6 is 0 Å². The molecule has 1 atom stereocenters. The minimum atomic E-state index is 0.432. The van der Waals surface area contributed by atoms with Crippen molar-refractivity contribution in [3.05, 3.63) is 42.1 Å². The predicted octanol–water partition coefficient (Wildman–Crippen LogP) is 2.01. The number of fused-ring (bicyclic) bond motifs is 1. The highest BCUT2D eigenvalue weighted by atomic mass is 16.6. The maximum Gasteiger partial charge on any atom is 0.165 e. The molecule has 4 rings (SSSR count). The highest BCUT2D eigenvalue weighted by Gasteiger charge is 2.22. The van der Waals surface area contributed by atoms with Gasteiger partial charge in [0.25, 0.3) is 0 Å². The van der Waals surface area contributed by atoms with Crippen LogP contribution in [-0.2, 0) is 6.54 Å². The smallest absolute Gasteiger partial charge is 0.165 e. The second-order valence-corrected chi connectivity index (χ2v) is 6.19. The fourth-order valence-corrected chi connectivity index (χ4v) is 3.34. The van der Waals surface area contributed by atoms with E-state index in [4.69, 9.17) is 9.47 Å². The highest BCUT2D eigenvalue weighted by molar-refractivity contribution is 5.47. The van der Waals surface area contributed by atoms with Gasteiger partial charge in [-0.25, -0.2) is 0 Å². The predicted molar refractivity (Wildman–Crippen MR) is 91.5 cm³/mol. The van der Waals surface area contributed by atoms with Crippen LogP contribution < -0.4 is 19.7 Å². The summed E-state index contributed by atoms with van der Waals surface area (Å²) in [7, 11) is 0. The van der Waals surface area contributed by atoms with E-state index in [1.165, 1.54) is 6.42 Å². The number of ether oxygens (including phenoxy) is 2. The van der Waals surface area contributed by atoms with Crippen LogP contribution in [0.1, 0.15) is 18.4 Å². The average Bonchev–Trinajstić information content (AvgIpc) is 2.67. The summed E-state index contributed by atoms with van der Waals surface area (Å²) in [4.78, 5) is 2.30. The molecule has 2 aliphatic rings. The molecule has 2 aliphatic heterocycles. The molecule has 1 saturated heterocycles. The Morgan fingerprint density at radius 2 is 2.12 bits per heavy atom. The summed E-state index contributed by atoms with van der Waals surface area (Å²) in [5, 5.41) is 11.9. The third-order valence-corrected chi connectivity index (χ3v) is 4.53. The van der Waals surface area contributed by atoms with Crippen LogP contribution in [-0.4, -0.2) is 42.5 Å². The third-order valence-electron chi connectivity index (χ3n) is 4.53. The summed E-state index contributed by atoms with van der Waals surface area (Å²) in [5.41, 5.74) is 1.16. The number of anilines is 1. The lowest BCUT2D eigenvalue weighted by molar-refractivity contribution is 0.169. The Labute approximate surface area is 141 Å². The van der Waals surface area contributed by atoms with E-state index in [0.29, 0.717) is 19.3 Å². The van der Waals surface area contributed by atoms with Crippen molar-refractivity contribution < 1.29 is 9.47 Å². The van der Waals surface area contributed by atoms with Crippen LogP contribution in [0.25, 0.3) is 0 Å². The van der Waals surface area contributed by atoms with Gasteiger partial charge in [0, 0.05) is 37.4 Å². The van der Waals surface area contributed by atoms with Gasteiger partial charge < -0.3 is 19.7 Å². The number of piperidine rings is 1. The van der Waals surface area contributed by atoms with Crippen LogP contribution in [0.2, 0.25) is 0 Å². The average molecular weight is 326 g/mol. The van der Waals surface area contributed by atoms with Crippen molar-refractivity contribution in [3.8, 4) is 11.5 Å². The maximum absolute atomic E-state index is 5.79. The van der Waals surface area contributed by atoms with Crippen molar-refractivity contribution in [2.45, 2.75) is 25.4 Å². The Bertz CT molecular complexity index is 680. The second-order valence-electron chi connectivity index (χ2n) is 6.19. The molecule has 0 aliphatic carbocycles. The molecular formula is C18H22N4O2. The molecule has 1 aromatic heterocycles. The molecule has 2 aromatic rings. The number of nitrogens with one attached hydrogen (secondary N) is 1. The summed E-state index contributed by atoms with van der Waals surface area (Å²) in [5.74, 6) is 2.70. The van der Waals surface area contributed by atoms with E-state index >= 15 is 0 Å². The monoisotopic (exact) mass is 326 g/mol. The Kier molecular flexibility index (Phi) is 4.46. The quantitative estimate of drug-likeness (QED) is 0.927. The first-order valence-corrected chi connectivity index (χ1v) is 8.54. The molecule has 0 spiro atoms. The van der Waals surface area contributed by atoms with Gasteiger partial charge in [-0.1, -0.05) is 12.1 Å². The highest BCUT2D eigenvalue weighted by Crippen LogP contribution is 2.33. The van der Waals surface area contributed by atoms with Crippen LogP contribution in [0, 0.1) is 0 Å². The molecule has 0 saturated carbocycles. The van der Waals surface area contributed by atoms with Gasteiger partial charge in [0.15, 0.2) is 17.3 Å². The molecule has 0 bridgehead atoms. The summed E-state index contributed by atoms with van der Waals surface area (Å²) in [6, 6.07) is 10.5. The first-order chi connectivity index (χ1) is 11.9. The molecule has 1 fully saturated rings. The van der Waals surface area contributed by atoms with Gasteiger partial charge in [-0.15, -0.1) is 5.10 Å². The van der Waals surface area contributed by atoms with Crippen LogP contribution in [0.15, 0.2) is 36.5 Å². The summed E-state index contributed by atoms with van der Waals surface area (Å²) < 4.78 is 11.4.